The van der Waals surface area contributed by atoms with Gasteiger partial charge >= 0.3 is 250 Å². The SMILES string of the molecule is CC(C)c1cc(-c2ccccc2)cc(C(C)C)c1-n1c(-c2[c-]ccc3c2sc2c[c]([Ge]([CH3])([CH3])[CH3])ccc23)nc2ccc3ccccc3c21.[Ir].[c-]1ccccc1-c1ccccn1. The molecule has 6 heteroatoms. The van der Waals surface area contributed by atoms with E-state index in [-0.39, 0.29) is 20.1 Å². The number of pyridine rings is 1. The smallest absolute Gasteiger partial charge is 0.0160 e. The molecular weight excluding hydrogens is 1000 g/mol. The molecule has 0 fully saturated rings. The first kappa shape index (κ1) is 42.5. The third-order valence-corrected chi connectivity index (χ3v) is 16.9. The van der Waals surface area contributed by atoms with Crippen LogP contribution in [0.1, 0.15) is 50.7 Å². The van der Waals surface area contributed by atoms with Gasteiger partial charge in [-0.2, -0.15) is 0 Å². The van der Waals surface area contributed by atoms with Crippen LogP contribution in [0, 0.1) is 12.1 Å². The Bertz CT molecular complexity index is 3060. The summed E-state index contributed by atoms with van der Waals surface area (Å²) in [6.07, 6.45) is 1.79. The van der Waals surface area contributed by atoms with E-state index in [0.29, 0.717) is 11.8 Å². The molecule has 0 saturated carbocycles. The maximum atomic E-state index is 5.52. The summed E-state index contributed by atoms with van der Waals surface area (Å²) < 4.78 is 6.66. The molecule has 0 N–H and O–H groups in total. The van der Waals surface area contributed by atoms with E-state index in [1.165, 1.54) is 58.9 Å². The van der Waals surface area contributed by atoms with Crippen LogP contribution in [0.3, 0.4) is 0 Å². The van der Waals surface area contributed by atoms with Gasteiger partial charge in [0, 0.05) is 26.3 Å². The maximum Gasteiger partial charge on any atom is 0.0160 e. The molecule has 1 radical (unpaired) electrons. The summed E-state index contributed by atoms with van der Waals surface area (Å²) in [7, 11) is 0. The van der Waals surface area contributed by atoms with E-state index >= 15 is 0 Å². The molecule has 10 rings (SSSR count). The van der Waals surface area contributed by atoms with Crippen LogP contribution in [0.5, 0.6) is 0 Å². The van der Waals surface area contributed by atoms with Crippen molar-refractivity contribution in [2.45, 2.75) is 56.8 Å². The van der Waals surface area contributed by atoms with Crippen molar-refractivity contribution < 1.29 is 20.1 Å². The molecule has 0 aliphatic heterocycles. The van der Waals surface area contributed by atoms with E-state index in [1.54, 1.807) is 10.6 Å². The number of nitrogens with zero attached hydrogens (tertiary/aromatic N) is 3. The minimum absolute atomic E-state index is 0. The molecule has 61 heavy (non-hydrogen) atoms. The van der Waals surface area contributed by atoms with Gasteiger partial charge in [-0.1, -0.05) is 48.5 Å². The molecule has 0 saturated heterocycles. The second-order valence-electron chi connectivity index (χ2n) is 17.3. The molecule has 0 spiro atoms. The Morgan fingerprint density at radius 3 is 2.03 bits per heavy atom. The van der Waals surface area contributed by atoms with Crippen LogP contribution in [0.25, 0.3) is 81.4 Å². The standard InChI is InChI=1S/C44H41GeN2S.C11H8N.Ir/c1-27(2)37-24-31(29-14-9-8-10-15-29)25-38(28(3)4)41(37)47-42-33-17-12-11-16-30(33)20-23-39(42)46-44(47)36-19-13-18-35-34-22-21-32(45(5,6)7)26-40(34)48-43(35)36;1-2-6-10(7-3-1)11-8-4-5-9-12-11;/h8-18,20-28H,1-7H3;1-6,8-9H;/q2*-1;. The van der Waals surface area contributed by atoms with Crippen molar-refractivity contribution in [2.75, 3.05) is 0 Å². The van der Waals surface area contributed by atoms with Gasteiger partial charge in [-0.3, -0.25) is 0 Å². The Morgan fingerprint density at radius 2 is 1.34 bits per heavy atom. The van der Waals surface area contributed by atoms with Gasteiger partial charge in [0.1, 0.15) is 0 Å². The van der Waals surface area contributed by atoms with E-state index in [0.717, 1.165) is 33.7 Å². The number of thiophene rings is 1. The Balaban J connectivity index is 0.000000340. The molecule has 3 heterocycles. The molecular formula is C55H49GeIrN3S-2. The molecule has 3 aromatic heterocycles. The summed E-state index contributed by atoms with van der Waals surface area (Å²) >= 11 is -0.103. The average Bonchev–Trinajstić information content (AvgIpc) is 3.85. The van der Waals surface area contributed by atoms with Gasteiger partial charge < -0.3 is 4.98 Å². The van der Waals surface area contributed by atoms with Gasteiger partial charge in [0.25, 0.3) is 0 Å². The summed E-state index contributed by atoms with van der Waals surface area (Å²) in [6, 6.07) is 60.9. The molecule has 305 valence electrons. The number of imidazole rings is 1. The normalized spacial score (nSPS) is 11.7. The first-order valence-corrected chi connectivity index (χ1v) is 29.1. The van der Waals surface area contributed by atoms with Crippen LogP contribution in [0.15, 0.2) is 158 Å². The van der Waals surface area contributed by atoms with Crippen LogP contribution >= 0.6 is 11.3 Å². The molecule has 7 aromatic carbocycles. The molecule has 0 atom stereocenters. The van der Waals surface area contributed by atoms with Gasteiger partial charge in [0.15, 0.2) is 0 Å². The van der Waals surface area contributed by atoms with E-state index < -0.39 is 13.3 Å². The number of benzene rings is 7. The van der Waals surface area contributed by atoms with Crippen molar-refractivity contribution in [3.05, 3.63) is 181 Å². The number of fused-ring (bicyclic) bond motifs is 6. The number of hydrogen-bond acceptors (Lipinski definition) is 3. The Morgan fingerprint density at radius 1 is 0.623 bits per heavy atom. The molecule has 0 bridgehead atoms. The average molecular weight is 1050 g/mol. The first-order chi connectivity index (χ1) is 29.1. The molecule has 3 nitrogen and oxygen atoms in total. The van der Waals surface area contributed by atoms with Crippen molar-refractivity contribution in [1.82, 2.24) is 14.5 Å². The zero-order chi connectivity index (χ0) is 41.5. The van der Waals surface area contributed by atoms with E-state index in [1.807, 2.05) is 53.8 Å². The van der Waals surface area contributed by atoms with Crippen molar-refractivity contribution in [1.29, 1.82) is 0 Å². The number of aromatic nitrogens is 3. The van der Waals surface area contributed by atoms with Crippen LogP contribution in [-0.2, 0) is 20.1 Å². The summed E-state index contributed by atoms with van der Waals surface area (Å²) in [5.74, 6) is 8.98. The summed E-state index contributed by atoms with van der Waals surface area (Å²) in [6.45, 7) is 9.30. The van der Waals surface area contributed by atoms with Crippen LogP contribution in [-0.4, -0.2) is 27.8 Å². The van der Waals surface area contributed by atoms with Crippen molar-refractivity contribution in [3.8, 4) is 39.5 Å². The van der Waals surface area contributed by atoms with Crippen LogP contribution in [0.4, 0.5) is 0 Å². The zero-order valence-corrected chi connectivity index (χ0v) is 41.1. The second kappa shape index (κ2) is 17.7. The van der Waals surface area contributed by atoms with Crippen molar-refractivity contribution in [3.63, 3.8) is 0 Å². The fraction of sp³-hybridized carbons (Fsp3) is 0.164. The van der Waals surface area contributed by atoms with Crippen LogP contribution < -0.4 is 4.40 Å². The molecule has 0 unspecified atom stereocenters. The van der Waals surface area contributed by atoms with Crippen molar-refractivity contribution >= 4 is 71.0 Å². The topological polar surface area (TPSA) is 30.7 Å². The molecule has 10 aromatic rings. The first-order valence-electron chi connectivity index (χ1n) is 21.0. The fourth-order valence-electron chi connectivity index (χ4n) is 8.29. The quantitative estimate of drug-likeness (QED) is 0.118. The van der Waals surface area contributed by atoms with Gasteiger partial charge in [0.2, 0.25) is 0 Å². The summed E-state index contributed by atoms with van der Waals surface area (Å²) in [4.78, 5) is 9.73. The Labute approximate surface area is 380 Å². The van der Waals surface area contributed by atoms with E-state index in [9.17, 15) is 0 Å². The Kier molecular flexibility index (Phi) is 12.3. The molecule has 0 aliphatic rings. The third-order valence-electron chi connectivity index (χ3n) is 11.5. The van der Waals surface area contributed by atoms with Crippen molar-refractivity contribution in [2.24, 2.45) is 0 Å². The third kappa shape index (κ3) is 8.30. The largest absolute Gasteiger partial charge is 0.305 e. The number of hydrogen-bond donors (Lipinski definition) is 0. The van der Waals surface area contributed by atoms with Crippen LogP contribution in [0.2, 0.25) is 17.3 Å². The molecule has 0 aliphatic carbocycles. The number of rotatable bonds is 7. The minimum Gasteiger partial charge on any atom is -0.305 e. The summed E-state index contributed by atoms with van der Waals surface area (Å²) in [5.41, 5.74) is 11.7. The summed E-state index contributed by atoms with van der Waals surface area (Å²) in [5, 5.41) is 5.05. The fourth-order valence-corrected chi connectivity index (χ4v) is 12.2. The minimum atomic E-state index is -2.00. The predicted octanol–water partition coefficient (Wildman–Crippen LogP) is 15.0. The maximum absolute atomic E-state index is 5.52. The second-order valence-corrected chi connectivity index (χ2v) is 29.0. The van der Waals surface area contributed by atoms with Gasteiger partial charge in [-0.05, 0) is 17.3 Å². The van der Waals surface area contributed by atoms with Gasteiger partial charge in [-0.15, -0.1) is 35.9 Å². The Hall–Kier alpha value is -5.17. The monoisotopic (exact) mass is 1050 g/mol. The van der Waals surface area contributed by atoms with Gasteiger partial charge in [0.05, 0.1) is 0 Å². The van der Waals surface area contributed by atoms with E-state index in [4.69, 9.17) is 4.98 Å². The van der Waals surface area contributed by atoms with E-state index in [2.05, 4.69) is 176 Å². The molecule has 0 amide bonds. The predicted molar refractivity (Wildman–Crippen MR) is 261 cm³/mol. The zero-order valence-electron chi connectivity index (χ0n) is 35.7. The van der Waals surface area contributed by atoms with Gasteiger partial charge in [-0.25, -0.2) is 0 Å².